The standard InChI is InChI=1S/C62H96N6O13S/c1-14-47(69)43(7)56-48(79-56)37-61(9,77)28-18-19-41(5)55-42(6)21-26-50(62(10,78-12)29-27-40(4)35-53(72)81-55)80-60(76)66-31-33-68(11,34-32-66)38-45-22-24-46(25-23-45)64-57(73)44(8)63-58(74)54(39(2)3)65-51(70)20-16-15-17-30-67-52(71)36-49(82-13)59(67)75/h18-19,21-26,28,39-40,42-44,47-50,54-56,69,77H,14-17,20,27,29-38H2,1-13H3,(H2-,63,64,65,70,73,74)/p+1/b26-21+,28-18+,41-19+/t40-,42+,43-,44+,47+,48-,49?,50+,54+,55-,56-,61+,62-/m1/s1. The molecule has 20 heteroatoms. The molecule has 5 rings (SSSR count). The lowest BCUT2D eigenvalue weighted by molar-refractivity contribution is -0.926. The highest BCUT2D eigenvalue weighted by Gasteiger charge is 2.47. The molecule has 13 atom stereocenters. The Morgan fingerprint density at radius 3 is 2.29 bits per heavy atom. The number of piperazine rings is 1. The van der Waals surface area contributed by atoms with Crippen LogP contribution in [0.1, 0.15) is 139 Å². The Kier molecular flexibility index (Phi) is 25.3. The number of esters is 1. The number of carbonyl (C=O) groups excluding carboxylic acids is 7. The van der Waals surface area contributed by atoms with Gasteiger partial charge in [-0.05, 0) is 102 Å². The van der Waals surface area contributed by atoms with Crippen LogP contribution in [0.3, 0.4) is 0 Å². The third-order valence-electron chi connectivity index (χ3n) is 17.0. The maximum absolute atomic E-state index is 14.1. The number of likely N-dealkylation sites (tertiary alicyclic amines) is 1. The minimum Gasteiger partial charge on any atom is -0.457 e. The van der Waals surface area contributed by atoms with Crippen LogP contribution in [0.4, 0.5) is 10.5 Å². The summed E-state index contributed by atoms with van der Waals surface area (Å²) in [6.07, 6.45) is 12.9. The molecule has 6 amide bonds. The van der Waals surface area contributed by atoms with Crippen LogP contribution >= 0.6 is 11.8 Å². The van der Waals surface area contributed by atoms with Gasteiger partial charge < -0.3 is 49.6 Å². The number of likely N-dealkylation sites (N-methyl/N-ethyl adjacent to an activating group) is 1. The van der Waals surface area contributed by atoms with Gasteiger partial charge in [0.15, 0.2) is 6.10 Å². The van der Waals surface area contributed by atoms with E-state index in [0.29, 0.717) is 94.4 Å². The minimum atomic E-state index is -1.17. The lowest BCUT2D eigenvalue weighted by Crippen LogP contribution is -2.58. The van der Waals surface area contributed by atoms with Gasteiger partial charge in [-0.25, -0.2) is 4.79 Å². The SMILES string of the molecule is CC[C@H](O)[C@@H](C)[C@H]1O[C@@H]1C[C@@](C)(O)/C=C/C=C(\C)[C@H]1OC(=O)C[C@H](C)CC[C@@](C)(OC)[C@@H](OC(=O)N2CC[N+](C)(Cc3ccc(NC(=O)[C@H](C)NC(=O)[C@@H](NC(=O)CCCCCN4C(=O)CC(SC)C4=O)C(C)C)cc3)CC2)/C=C/[C@@H]1C. The van der Waals surface area contributed by atoms with Gasteiger partial charge in [0, 0.05) is 62.4 Å². The van der Waals surface area contributed by atoms with Crippen molar-refractivity contribution in [1.29, 1.82) is 0 Å². The highest BCUT2D eigenvalue weighted by Crippen LogP contribution is 2.38. The van der Waals surface area contributed by atoms with Crippen LogP contribution in [0.25, 0.3) is 0 Å². The molecule has 0 aliphatic carbocycles. The number of anilines is 1. The number of aliphatic hydroxyl groups excluding tert-OH is 1. The molecule has 1 unspecified atom stereocenters. The number of quaternary nitrogens is 1. The first-order valence-corrected chi connectivity index (χ1v) is 30.9. The Labute approximate surface area is 491 Å². The predicted molar refractivity (Wildman–Crippen MR) is 317 cm³/mol. The van der Waals surface area contributed by atoms with Gasteiger partial charge in [0.25, 0.3) is 0 Å². The number of unbranched alkanes of at least 4 members (excludes halogenated alkanes) is 2. The summed E-state index contributed by atoms with van der Waals surface area (Å²) in [5.41, 5.74) is 0.316. The third kappa shape index (κ3) is 19.7. The number of nitrogens with zero attached hydrogens (tertiary/aromatic N) is 3. The molecule has 82 heavy (non-hydrogen) atoms. The van der Waals surface area contributed by atoms with Crippen molar-refractivity contribution in [3.8, 4) is 0 Å². The van der Waals surface area contributed by atoms with Crippen LogP contribution in [-0.2, 0) is 54.3 Å². The van der Waals surface area contributed by atoms with Gasteiger partial charge in [-0.1, -0.05) is 84.4 Å². The van der Waals surface area contributed by atoms with Crippen LogP contribution in [-0.4, -0.2) is 178 Å². The third-order valence-corrected chi connectivity index (χ3v) is 17.9. The van der Waals surface area contributed by atoms with Gasteiger partial charge >= 0.3 is 12.1 Å². The Balaban J connectivity index is 1.11. The van der Waals surface area contributed by atoms with Gasteiger partial charge in [0.05, 0.1) is 62.4 Å². The van der Waals surface area contributed by atoms with E-state index in [0.717, 1.165) is 11.1 Å². The van der Waals surface area contributed by atoms with Crippen LogP contribution in [0.15, 0.2) is 60.2 Å². The zero-order valence-electron chi connectivity index (χ0n) is 51.1. The molecule has 4 aliphatic rings. The second-order valence-corrected chi connectivity index (χ2v) is 25.7. The molecule has 1 aromatic carbocycles. The zero-order valence-corrected chi connectivity index (χ0v) is 51.9. The van der Waals surface area contributed by atoms with Gasteiger partial charge in [-0.2, -0.15) is 11.8 Å². The molecule has 5 N–H and O–H groups in total. The van der Waals surface area contributed by atoms with Crippen molar-refractivity contribution in [2.24, 2.45) is 23.7 Å². The summed E-state index contributed by atoms with van der Waals surface area (Å²) < 4.78 is 25.1. The molecule has 4 aliphatic heterocycles. The molecule has 0 radical (unpaired) electrons. The van der Waals surface area contributed by atoms with E-state index in [2.05, 4.69) is 23.0 Å². The van der Waals surface area contributed by atoms with E-state index in [1.165, 1.54) is 16.7 Å². The van der Waals surface area contributed by atoms with E-state index >= 15 is 0 Å². The van der Waals surface area contributed by atoms with Crippen molar-refractivity contribution in [2.45, 2.75) is 199 Å². The summed E-state index contributed by atoms with van der Waals surface area (Å²) in [4.78, 5) is 94.6. The fourth-order valence-electron chi connectivity index (χ4n) is 11.0. The number of epoxide rings is 1. The first-order valence-electron chi connectivity index (χ1n) is 29.6. The van der Waals surface area contributed by atoms with Crippen molar-refractivity contribution in [2.75, 3.05) is 58.5 Å². The number of amides is 6. The Morgan fingerprint density at radius 1 is 0.988 bits per heavy atom. The smallest absolute Gasteiger partial charge is 0.410 e. The fourth-order valence-corrected chi connectivity index (χ4v) is 11.6. The summed E-state index contributed by atoms with van der Waals surface area (Å²) >= 11 is 1.38. The Morgan fingerprint density at radius 2 is 1.67 bits per heavy atom. The lowest BCUT2D eigenvalue weighted by Gasteiger charge is -2.42. The van der Waals surface area contributed by atoms with E-state index < -0.39 is 59.5 Å². The van der Waals surface area contributed by atoms with Gasteiger partial charge in [0.2, 0.25) is 29.5 Å². The molecular formula is C62H97N6O13S+. The van der Waals surface area contributed by atoms with E-state index in [1.807, 2.05) is 104 Å². The topological polar surface area (TPSA) is 243 Å². The molecule has 3 fully saturated rings. The molecule has 4 heterocycles. The van der Waals surface area contributed by atoms with Gasteiger partial charge in [0.1, 0.15) is 30.3 Å². The normalized spacial score (nSPS) is 28.0. The highest BCUT2D eigenvalue weighted by atomic mass is 32.2. The first-order chi connectivity index (χ1) is 38.6. The molecular weight excluding hydrogens is 1070 g/mol. The maximum atomic E-state index is 14.1. The summed E-state index contributed by atoms with van der Waals surface area (Å²) in [6.45, 7) is 21.9. The predicted octanol–water partition coefficient (Wildman–Crippen LogP) is 7.24. The number of aliphatic hydroxyl groups is 2. The average molecular weight is 1170 g/mol. The van der Waals surface area contributed by atoms with E-state index in [-0.39, 0.29) is 84.1 Å². The number of benzene rings is 1. The summed E-state index contributed by atoms with van der Waals surface area (Å²) in [7, 11) is 3.77. The van der Waals surface area contributed by atoms with E-state index in [1.54, 1.807) is 38.0 Å². The van der Waals surface area contributed by atoms with Crippen LogP contribution < -0.4 is 16.0 Å². The monoisotopic (exact) mass is 1170 g/mol. The fraction of sp³-hybridized carbons (Fsp3) is 0.694. The first kappa shape index (κ1) is 67.7. The molecule has 3 saturated heterocycles. The van der Waals surface area contributed by atoms with Crippen molar-refractivity contribution in [3.05, 3.63) is 65.8 Å². The van der Waals surface area contributed by atoms with E-state index in [4.69, 9.17) is 18.9 Å². The Bertz CT molecular complexity index is 2440. The number of allylic oxidation sites excluding steroid dienone is 2. The van der Waals surface area contributed by atoms with Gasteiger partial charge in [-0.15, -0.1) is 0 Å². The van der Waals surface area contributed by atoms with Crippen LogP contribution in [0, 0.1) is 23.7 Å². The van der Waals surface area contributed by atoms with Crippen molar-refractivity contribution < 1.29 is 67.2 Å². The van der Waals surface area contributed by atoms with E-state index in [9.17, 15) is 43.8 Å². The van der Waals surface area contributed by atoms with Crippen LogP contribution in [0.2, 0.25) is 0 Å². The molecule has 1 aromatic rings. The van der Waals surface area contributed by atoms with Crippen molar-refractivity contribution in [3.63, 3.8) is 0 Å². The average Bonchev–Trinajstić information content (AvgIpc) is 4.16. The maximum Gasteiger partial charge on any atom is 0.410 e. The number of carbonyl (C=O) groups is 7. The Hall–Kier alpha value is -5.12. The molecule has 0 bridgehead atoms. The number of hydrogen-bond acceptors (Lipinski definition) is 14. The van der Waals surface area contributed by atoms with Gasteiger partial charge in [-0.3, -0.25) is 38.6 Å². The number of imide groups is 1. The number of methoxy groups -OCH3 is 1. The molecule has 0 aromatic heterocycles. The zero-order chi connectivity index (χ0) is 60.7. The van der Waals surface area contributed by atoms with Crippen LogP contribution in [0.5, 0.6) is 0 Å². The molecule has 458 valence electrons. The number of thioether (sulfide) groups is 1. The summed E-state index contributed by atoms with van der Waals surface area (Å²) in [6, 6.07) is 5.80. The summed E-state index contributed by atoms with van der Waals surface area (Å²) in [5, 5.41) is 29.6. The minimum absolute atomic E-state index is 0.0242. The molecule has 0 spiro atoms. The number of rotatable bonds is 25. The number of ether oxygens (including phenoxy) is 4. The van der Waals surface area contributed by atoms with Crippen molar-refractivity contribution >= 4 is 59.0 Å². The summed E-state index contributed by atoms with van der Waals surface area (Å²) in [5.74, 6) is -2.42. The second-order valence-electron chi connectivity index (χ2n) is 24.7. The molecule has 0 saturated carbocycles. The number of nitrogens with one attached hydrogen (secondary N) is 3. The van der Waals surface area contributed by atoms with Crippen molar-refractivity contribution in [1.82, 2.24) is 20.4 Å². The molecule has 19 nitrogen and oxygen atoms in total. The lowest BCUT2D eigenvalue weighted by atomic mass is 9.86. The number of hydrogen-bond donors (Lipinski definition) is 5. The second kappa shape index (κ2) is 30.6. The quantitative estimate of drug-likeness (QED) is 0.0123. The highest BCUT2D eigenvalue weighted by molar-refractivity contribution is 8.00. The largest absolute Gasteiger partial charge is 0.457 e. The number of cyclic esters (lactones) is 1.